The standard InChI is InChI=1S/C28H22BrClN2O2S/c1-17-6-12-21(30)14-24(17)31-28-32-27(33)26(35-28)15-23-22-5-3-2-4-19(22)9-13-25(23)34-16-18-7-10-20(29)11-8-18/h2-15,28,31H,16H2,1H3,(H,32,33)/b26-15-. The molecular formula is C28H22BrClN2O2S. The van der Waals surface area contributed by atoms with Gasteiger partial charge in [-0.2, -0.15) is 0 Å². The number of nitrogens with one attached hydrogen (secondary N) is 2. The van der Waals surface area contributed by atoms with Crippen molar-refractivity contribution in [2.45, 2.75) is 19.0 Å². The quantitative estimate of drug-likeness (QED) is 0.235. The third-order valence-corrected chi connectivity index (χ3v) is 7.52. The van der Waals surface area contributed by atoms with E-state index in [0.717, 1.165) is 43.4 Å². The summed E-state index contributed by atoms with van der Waals surface area (Å²) in [7, 11) is 0. The van der Waals surface area contributed by atoms with Crippen molar-refractivity contribution in [3.63, 3.8) is 0 Å². The molecule has 0 aromatic heterocycles. The summed E-state index contributed by atoms with van der Waals surface area (Å²) in [5.74, 6) is 0.605. The maximum absolute atomic E-state index is 12.9. The second-order valence-corrected chi connectivity index (χ2v) is 10.7. The Morgan fingerprint density at radius 3 is 2.71 bits per heavy atom. The molecule has 7 heteroatoms. The van der Waals surface area contributed by atoms with Gasteiger partial charge in [-0.05, 0) is 65.2 Å². The first kappa shape index (κ1) is 23.8. The molecule has 0 aliphatic carbocycles. The predicted octanol–water partition coefficient (Wildman–Crippen LogP) is 7.74. The molecule has 5 rings (SSSR count). The summed E-state index contributed by atoms with van der Waals surface area (Å²) in [5.41, 5.74) is 3.60. The molecule has 1 aliphatic heterocycles. The average molecular weight is 566 g/mol. The number of anilines is 1. The van der Waals surface area contributed by atoms with E-state index in [4.69, 9.17) is 16.3 Å². The lowest BCUT2D eigenvalue weighted by Crippen LogP contribution is -2.31. The molecule has 1 atom stereocenters. The Labute approximate surface area is 221 Å². The molecule has 0 bridgehead atoms. The molecule has 4 nitrogen and oxygen atoms in total. The summed E-state index contributed by atoms with van der Waals surface area (Å²) in [6, 6.07) is 25.8. The van der Waals surface area contributed by atoms with Crippen LogP contribution in [0.3, 0.4) is 0 Å². The Bertz CT molecular complexity index is 1440. The highest BCUT2D eigenvalue weighted by Gasteiger charge is 2.28. The molecule has 1 heterocycles. The molecule has 35 heavy (non-hydrogen) atoms. The first-order valence-electron chi connectivity index (χ1n) is 11.1. The topological polar surface area (TPSA) is 50.4 Å². The molecule has 0 spiro atoms. The third-order valence-electron chi connectivity index (χ3n) is 5.73. The summed E-state index contributed by atoms with van der Waals surface area (Å²) in [6.07, 6.45) is 1.92. The Balaban J connectivity index is 1.44. The van der Waals surface area contributed by atoms with Crippen molar-refractivity contribution in [2.75, 3.05) is 5.32 Å². The minimum absolute atomic E-state index is 0.126. The molecule has 176 valence electrons. The summed E-state index contributed by atoms with van der Waals surface area (Å²) in [5, 5.41) is 9.14. The maximum atomic E-state index is 12.9. The second-order valence-electron chi connectivity index (χ2n) is 8.20. The van der Waals surface area contributed by atoms with Crippen LogP contribution in [0.2, 0.25) is 5.02 Å². The van der Waals surface area contributed by atoms with Gasteiger partial charge in [0.1, 0.15) is 12.4 Å². The van der Waals surface area contributed by atoms with Gasteiger partial charge in [0.25, 0.3) is 5.91 Å². The highest BCUT2D eigenvalue weighted by atomic mass is 79.9. The number of carbonyl (C=O) groups is 1. The van der Waals surface area contributed by atoms with E-state index in [2.05, 4.69) is 38.7 Å². The van der Waals surface area contributed by atoms with Crippen LogP contribution < -0.4 is 15.4 Å². The number of halogens is 2. The highest BCUT2D eigenvalue weighted by molar-refractivity contribution is 9.10. The van der Waals surface area contributed by atoms with Crippen LogP contribution in [0.15, 0.2) is 88.2 Å². The lowest BCUT2D eigenvalue weighted by Gasteiger charge is -2.15. The van der Waals surface area contributed by atoms with Crippen molar-refractivity contribution in [1.82, 2.24) is 5.32 Å². The third kappa shape index (κ3) is 5.50. The van der Waals surface area contributed by atoms with E-state index in [1.165, 1.54) is 11.8 Å². The number of benzene rings is 4. The van der Waals surface area contributed by atoms with Gasteiger partial charge in [0.2, 0.25) is 0 Å². The SMILES string of the molecule is Cc1ccc(Cl)cc1NC1NC(=O)/C(=C/c2c(OCc3ccc(Br)cc3)ccc3ccccc23)S1. The van der Waals surface area contributed by atoms with Gasteiger partial charge < -0.3 is 15.4 Å². The van der Waals surface area contributed by atoms with E-state index in [9.17, 15) is 4.79 Å². The zero-order chi connectivity index (χ0) is 24.4. The molecule has 1 saturated heterocycles. The minimum atomic E-state index is -0.298. The zero-order valence-electron chi connectivity index (χ0n) is 18.8. The van der Waals surface area contributed by atoms with Gasteiger partial charge in [-0.3, -0.25) is 4.79 Å². The summed E-state index contributed by atoms with van der Waals surface area (Å²) < 4.78 is 7.26. The number of aryl methyl sites for hydroxylation is 1. The Morgan fingerprint density at radius 1 is 1.09 bits per heavy atom. The molecule has 4 aromatic rings. The Morgan fingerprint density at radius 2 is 1.89 bits per heavy atom. The average Bonchev–Trinajstić information content (AvgIpc) is 3.20. The molecule has 2 N–H and O–H groups in total. The van der Waals surface area contributed by atoms with Crippen LogP contribution in [0.25, 0.3) is 16.8 Å². The van der Waals surface area contributed by atoms with Gasteiger partial charge in [-0.25, -0.2) is 0 Å². The maximum Gasteiger partial charge on any atom is 0.260 e. The number of hydrogen-bond acceptors (Lipinski definition) is 4. The van der Waals surface area contributed by atoms with Crippen molar-refractivity contribution in [2.24, 2.45) is 0 Å². The monoisotopic (exact) mass is 564 g/mol. The second kappa shape index (κ2) is 10.4. The minimum Gasteiger partial charge on any atom is -0.488 e. The molecule has 1 amide bonds. The summed E-state index contributed by atoms with van der Waals surface area (Å²) in [6.45, 7) is 2.43. The van der Waals surface area contributed by atoms with Gasteiger partial charge in [0.15, 0.2) is 5.50 Å². The van der Waals surface area contributed by atoms with Gasteiger partial charge >= 0.3 is 0 Å². The van der Waals surface area contributed by atoms with E-state index in [-0.39, 0.29) is 11.4 Å². The van der Waals surface area contributed by atoms with E-state index in [1.54, 1.807) is 0 Å². The number of carbonyl (C=O) groups excluding carboxylic acids is 1. The zero-order valence-corrected chi connectivity index (χ0v) is 22.0. The van der Waals surface area contributed by atoms with Crippen LogP contribution >= 0.6 is 39.3 Å². The number of rotatable bonds is 6. The number of amides is 1. The molecule has 1 aliphatic rings. The lowest BCUT2D eigenvalue weighted by molar-refractivity contribution is -0.116. The van der Waals surface area contributed by atoms with Gasteiger partial charge in [0, 0.05) is 20.7 Å². The molecule has 1 fully saturated rings. The molecule has 4 aromatic carbocycles. The number of fused-ring (bicyclic) bond motifs is 1. The molecule has 0 radical (unpaired) electrons. The molecule has 1 unspecified atom stereocenters. The van der Waals surface area contributed by atoms with E-state index >= 15 is 0 Å². The number of ether oxygens (including phenoxy) is 1. The Hall–Kier alpha value is -2.93. The fourth-order valence-corrected chi connectivity index (χ4v) is 5.27. The molecule has 0 saturated carbocycles. The van der Waals surface area contributed by atoms with Crippen LogP contribution in [0.1, 0.15) is 16.7 Å². The van der Waals surface area contributed by atoms with Crippen LogP contribution in [-0.2, 0) is 11.4 Å². The van der Waals surface area contributed by atoms with E-state index in [0.29, 0.717) is 16.5 Å². The highest BCUT2D eigenvalue weighted by Crippen LogP contribution is 2.36. The number of thioether (sulfide) groups is 1. The first-order chi connectivity index (χ1) is 17.0. The summed E-state index contributed by atoms with van der Waals surface area (Å²) in [4.78, 5) is 13.5. The van der Waals surface area contributed by atoms with E-state index in [1.807, 2.05) is 79.7 Å². The normalized spacial score (nSPS) is 16.5. The number of hydrogen-bond donors (Lipinski definition) is 2. The van der Waals surface area contributed by atoms with Crippen molar-refractivity contribution in [3.05, 3.63) is 110 Å². The van der Waals surface area contributed by atoms with E-state index < -0.39 is 0 Å². The van der Waals surface area contributed by atoms with Crippen molar-refractivity contribution in [3.8, 4) is 5.75 Å². The predicted molar refractivity (Wildman–Crippen MR) is 150 cm³/mol. The first-order valence-corrected chi connectivity index (χ1v) is 13.1. The van der Waals surface area contributed by atoms with Gasteiger partial charge in [-0.15, -0.1) is 0 Å². The van der Waals surface area contributed by atoms with Gasteiger partial charge in [-0.1, -0.05) is 87.8 Å². The van der Waals surface area contributed by atoms with Gasteiger partial charge in [0.05, 0.1) is 4.91 Å². The van der Waals surface area contributed by atoms with Crippen LogP contribution in [0, 0.1) is 6.92 Å². The largest absolute Gasteiger partial charge is 0.488 e. The fourth-order valence-electron chi connectivity index (χ4n) is 3.88. The van der Waals surface area contributed by atoms with Crippen LogP contribution in [0.4, 0.5) is 5.69 Å². The Kier molecular flexibility index (Phi) is 7.04. The fraction of sp³-hybridized carbons (Fsp3) is 0.107. The summed E-state index contributed by atoms with van der Waals surface area (Å²) >= 11 is 11.1. The smallest absolute Gasteiger partial charge is 0.260 e. The van der Waals surface area contributed by atoms with Crippen LogP contribution in [-0.4, -0.2) is 11.4 Å². The van der Waals surface area contributed by atoms with Crippen molar-refractivity contribution in [1.29, 1.82) is 0 Å². The molecular weight excluding hydrogens is 544 g/mol. The lowest BCUT2D eigenvalue weighted by atomic mass is 10.0. The van der Waals surface area contributed by atoms with Crippen LogP contribution in [0.5, 0.6) is 5.75 Å². The van der Waals surface area contributed by atoms with Crippen molar-refractivity contribution >= 4 is 67.7 Å². The van der Waals surface area contributed by atoms with Crippen molar-refractivity contribution < 1.29 is 9.53 Å².